The van der Waals surface area contributed by atoms with Crippen molar-refractivity contribution in [1.29, 1.82) is 0 Å². The maximum atomic E-state index is 5.52. The number of rotatable bonds is 5. The minimum atomic E-state index is 0.480. The predicted octanol–water partition coefficient (Wildman–Crippen LogP) is 2.14. The molecule has 0 amide bonds. The zero-order chi connectivity index (χ0) is 10.4. The maximum Gasteiger partial charge on any atom is 0.120 e. The molecular formula is C12H17NO. The molecule has 1 aromatic rings. The third kappa shape index (κ3) is 3.23. The molecule has 0 aliphatic heterocycles. The van der Waals surface area contributed by atoms with Crippen LogP contribution in [0.25, 0.3) is 0 Å². The lowest BCUT2D eigenvalue weighted by molar-refractivity contribution is 0.350. The van der Waals surface area contributed by atoms with Crippen molar-refractivity contribution in [3.8, 4) is 5.75 Å². The van der Waals surface area contributed by atoms with Crippen molar-refractivity contribution in [2.75, 3.05) is 13.2 Å². The zero-order valence-corrected chi connectivity index (χ0v) is 8.62. The van der Waals surface area contributed by atoms with E-state index in [1.165, 1.54) is 5.56 Å². The Bertz CT molecular complexity index is 307. The van der Waals surface area contributed by atoms with Gasteiger partial charge in [0.1, 0.15) is 12.4 Å². The van der Waals surface area contributed by atoms with E-state index in [-0.39, 0.29) is 0 Å². The highest BCUT2D eigenvalue weighted by Gasteiger charge is 1.96. The zero-order valence-electron chi connectivity index (χ0n) is 8.62. The third-order valence-electron chi connectivity index (χ3n) is 2.04. The van der Waals surface area contributed by atoms with Crippen LogP contribution in [0, 0.1) is 0 Å². The van der Waals surface area contributed by atoms with Crippen LogP contribution in [0.1, 0.15) is 12.5 Å². The fraction of sp³-hybridized carbons (Fsp3) is 0.333. The molecule has 76 valence electrons. The molecule has 2 N–H and O–H groups in total. The van der Waals surface area contributed by atoms with Crippen LogP contribution in [0.5, 0.6) is 5.75 Å². The van der Waals surface area contributed by atoms with Gasteiger partial charge in [0.05, 0.1) is 0 Å². The summed E-state index contributed by atoms with van der Waals surface area (Å²) in [6, 6.07) is 8.08. The van der Waals surface area contributed by atoms with Crippen LogP contribution < -0.4 is 10.5 Å². The van der Waals surface area contributed by atoms with Gasteiger partial charge in [-0.05, 0) is 29.7 Å². The van der Waals surface area contributed by atoms with E-state index in [2.05, 4.69) is 19.6 Å². The average Bonchev–Trinajstić information content (AvgIpc) is 2.26. The molecular weight excluding hydrogens is 174 g/mol. The number of nitrogens with two attached hydrogens (primary N) is 1. The summed E-state index contributed by atoms with van der Waals surface area (Å²) in [6.45, 7) is 6.89. The molecule has 0 spiro atoms. The Morgan fingerprint density at radius 3 is 2.93 bits per heavy atom. The topological polar surface area (TPSA) is 35.2 Å². The van der Waals surface area contributed by atoms with Crippen molar-refractivity contribution in [2.24, 2.45) is 5.73 Å². The lowest BCUT2D eigenvalue weighted by atomic mass is 10.2. The monoisotopic (exact) mass is 191 g/mol. The fourth-order valence-corrected chi connectivity index (χ4v) is 1.10. The van der Waals surface area contributed by atoms with Crippen LogP contribution in [0.3, 0.4) is 0 Å². The van der Waals surface area contributed by atoms with Gasteiger partial charge in [0.25, 0.3) is 0 Å². The van der Waals surface area contributed by atoms with Gasteiger partial charge in [-0.3, -0.25) is 0 Å². The van der Waals surface area contributed by atoms with E-state index in [9.17, 15) is 0 Å². The first-order valence-electron chi connectivity index (χ1n) is 4.84. The quantitative estimate of drug-likeness (QED) is 0.724. The second kappa shape index (κ2) is 5.45. The SMILES string of the molecule is C=C(CN)COc1cccc(CC)c1. The van der Waals surface area contributed by atoms with Gasteiger partial charge in [0.15, 0.2) is 0 Å². The first-order chi connectivity index (χ1) is 6.76. The molecule has 14 heavy (non-hydrogen) atoms. The van der Waals surface area contributed by atoms with Crippen molar-refractivity contribution < 1.29 is 4.74 Å². The molecule has 0 atom stereocenters. The highest BCUT2D eigenvalue weighted by molar-refractivity contribution is 5.28. The predicted molar refractivity (Wildman–Crippen MR) is 59.5 cm³/mol. The van der Waals surface area contributed by atoms with Crippen LogP contribution in [0.4, 0.5) is 0 Å². The number of hydrogen-bond acceptors (Lipinski definition) is 2. The summed E-state index contributed by atoms with van der Waals surface area (Å²) in [5.74, 6) is 0.888. The van der Waals surface area contributed by atoms with Crippen LogP contribution in [-0.4, -0.2) is 13.2 Å². The van der Waals surface area contributed by atoms with E-state index in [1.807, 2.05) is 18.2 Å². The van der Waals surface area contributed by atoms with Gasteiger partial charge < -0.3 is 10.5 Å². The molecule has 0 aromatic heterocycles. The second-order valence-corrected chi connectivity index (χ2v) is 3.24. The largest absolute Gasteiger partial charge is 0.489 e. The number of benzene rings is 1. The first kappa shape index (κ1) is 10.8. The Morgan fingerprint density at radius 1 is 1.50 bits per heavy atom. The van der Waals surface area contributed by atoms with Crippen molar-refractivity contribution in [3.05, 3.63) is 42.0 Å². The highest BCUT2D eigenvalue weighted by Crippen LogP contribution is 2.14. The highest BCUT2D eigenvalue weighted by atomic mass is 16.5. The molecule has 0 bridgehead atoms. The second-order valence-electron chi connectivity index (χ2n) is 3.24. The molecule has 0 unspecified atom stereocenters. The van der Waals surface area contributed by atoms with E-state index in [0.717, 1.165) is 17.7 Å². The summed E-state index contributed by atoms with van der Waals surface area (Å²) in [7, 11) is 0. The van der Waals surface area contributed by atoms with E-state index in [1.54, 1.807) is 0 Å². The summed E-state index contributed by atoms with van der Waals surface area (Å²) in [5.41, 5.74) is 7.60. The number of hydrogen-bond donors (Lipinski definition) is 1. The standard InChI is InChI=1S/C12H17NO/c1-3-11-5-4-6-12(7-11)14-9-10(2)8-13/h4-7H,2-3,8-9,13H2,1H3. The van der Waals surface area contributed by atoms with Gasteiger partial charge in [-0.25, -0.2) is 0 Å². The smallest absolute Gasteiger partial charge is 0.120 e. The van der Waals surface area contributed by atoms with Gasteiger partial charge in [0, 0.05) is 6.54 Å². The molecule has 0 saturated heterocycles. The summed E-state index contributed by atoms with van der Waals surface area (Å²) in [6.07, 6.45) is 1.02. The Balaban J connectivity index is 2.54. The molecule has 0 radical (unpaired) electrons. The molecule has 1 rings (SSSR count). The van der Waals surface area contributed by atoms with Crippen LogP contribution in [0.15, 0.2) is 36.4 Å². The minimum absolute atomic E-state index is 0.480. The lowest BCUT2D eigenvalue weighted by Gasteiger charge is -2.07. The van der Waals surface area contributed by atoms with Crippen LogP contribution >= 0.6 is 0 Å². The summed E-state index contributed by atoms with van der Waals surface area (Å²) < 4.78 is 5.52. The Morgan fingerprint density at radius 2 is 2.29 bits per heavy atom. The van der Waals surface area contributed by atoms with Crippen molar-refractivity contribution in [1.82, 2.24) is 0 Å². The van der Waals surface area contributed by atoms with Gasteiger partial charge in [0.2, 0.25) is 0 Å². The van der Waals surface area contributed by atoms with Gasteiger partial charge in [-0.15, -0.1) is 0 Å². The minimum Gasteiger partial charge on any atom is -0.489 e. The molecule has 0 fully saturated rings. The molecule has 0 heterocycles. The number of aryl methyl sites for hydroxylation is 1. The van der Waals surface area contributed by atoms with Crippen LogP contribution in [0.2, 0.25) is 0 Å². The summed E-state index contributed by atoms with van der Waals surface area (Å²) in [5, 5.41) is 0. The number of ether oxygens (including phenoxy) is 1. The first-order valence-corrected chi connectivity index (χ1v) is 4.84. The van der Waals surface area contributed by atoms with E-state index < -0.39 is 0 Å². The molecule has 2 nitrogen and oxygen atoms in total. The third-order valence-corrected chi connectivity index (χ3v) is 2.04. The Kier molecular flexibility index (Phi) is 4.20. The molecule has 1 aromatic carbocycles. The molecule has 2 heteroatoms. The normalized spacial score (nSPS) is 9.86. The molecule has 0 aliphatic rings. The molecule has 0 saturated carbocycles. The van der Waals surface area contributed by atoms with Crippen molar-refractivity contribution in [3.63, 3.8) is 0 Å². The van der Waals surface area contributed by atoms with Gasteiger partial charge in [-0.1, -0.05) is 25.6 Å². The Hall–Kier alpha value is -1.28. The van der Waals surface area contributed by atoms with Gasteiger partial charge in [-0.2, -0.15) is 0 Å². The van der Waals surface area contributed by atoms with E-state index in [4.69, 9.17) is 10.5 Å². The van der Waals surface area contributed by atoms with Gasteiger partial charge >= 0.3 is 0 Å². The van der Waals surface area contributed by atoms with E-state index in [0.29, 0.717) is 13.2 Å². The van der Waals surface area contributed by atoms with Crippen molar-refractivity contribution >= 4 is 0 Å². The van der Waals surface area contributed by atoms with Crippen molar-refractivity contribution in [2.45, 2.75) is 13.3 Å². The average molecular weight is 191 g/mol. The molecule has 0 aliphatic carbocycles. The maximum absolute atomic E-state index is 5.52. The Labute approximate surface area is 85.4 Å². The van der Waals surface area contributed by atoms with E-state index >= 15 is 0 Å². The van der Waals surface area contributed by atoms with Crippen LogP contribution in [-0.2, 0) is 6.42 Å². The fourth-order valence-electron chi connectivity index (χ4n) is 1.10. The summed E-state index contributed by atoms with van der Waals surface area (Å²) in [4.78, 5) is 0. The lowest BCUT2D eigenvalue weighted by Crippen LogP contribution is -2.09. The summed E-state index contributed by atoms with van der Waals surface area (Å²) >= 11 is 0.